The first-order valence-corrected chi connectivity index (χ1v) is 9.99. The number of benzene rings is 1. The lowest BCUT2D eigenvalue weighted by Crippen LogP contribution is -2.15. The summed E-state index contributed by atoms with van der Waals surface area (Å²) in [4.78, 5) is 24.5. The van der Waals surface area contributed by atoms with Crippen molar-refractivity contribution in [3.63, 3.8) is 0 Å². The van der Waals surface area contributed by atoms with E-state index in [4.69, 9.17) is 9.47 Å². The second-order valence-corrected chi connectivity index (χ2v) is 7.12. The molecule has 0 atom stereocenters. The summed E-state index contributed by atoms with van der Waals surface area (Å²) in [6.07, 6.45) is 8.41. The second-order valence-electron chi connectivity index (χ2n) is 7.12. The number of rotatable bonds is 13. The number of carbonyl (C=O) groups excluding carboxylic acids is 2. The zero-order valence-electron chi connectivity index (χ0n) is 16.6. The minimum atomic E-state index is -0.453. The Morgan fingerprint density at radius 2 is 1.31 bits per heavy atom. The monoisotopic (exact) mass is 362 g/mol. The Hall–Kier alpha value is -1.84. The maximum Gasteiger partial charge on any atom is 0.339 e. The summed E-state index contributed by atoms with van der Waals surface area (Å²) >= 11 is 0. The van der Waals surface area contributed by atoms with Crippen LogP contribution in [0.5, 0.6) is 0 Å². The first-order chi connectivity index (χ1) is 12.6. The molecule has 1 rings (SSSR count). The molecule has 0 bridgehead atoms. The molecule has 26 heavy (non-hydrogen) atoms. The van der Waals surface area contributed by atoms with E-state index < -0.39 is 11.9 Å². The number of ether oxygens (including phenoxy) is 2. The van der Waals surface area contributed by atoms with Crippen LogP contribution >= 0.6 is 0 Å². The molecule has 0 N–H and O–H groups in total. The van der Waals surface area contributed by atoms with Crippen molar-refractivity contribution in [2.75, 3.05) is 13.2 Å². The van der Waals surface area contributed by atoms with Crippen LogP contribution in [0.4, 0.5) is 0 Å². The van der Waals surface area contributed by atoms with E-state index in [2.05, 4.69) is 20.8 Å². The van der Waals surface area contributed by atoms with Gasteiger partial charge in [0, 0.05) is 0 Å². The Morgan fingerprint density at radius 1 is 0.808 bits per heavy atom. The van der Waals surface area contributed by atoms with Gasteiger partial charge in [0.15, 0.2) is 0 Å². The van der Waals surface area contributed by atoms with Crippen LogP contribution in [0.25, 0.3) is 0 Å². The predicted molar refractivity (Wildman–Crippen MR) is 104 cm³/mol. The van der Waals surface area contributed by atoms with Crippen molar-refractivity contribution in [1.29, 1.82) is 0 Å². The van der Waals surface area contributed by atoms with Crippen LogP contribution < -0.4 is 0 Å². The molecule has 1 aromatic carbocycles. The van der Waals surface area contributed by atoms with Crippen LogP contribution in [0.3, 0.4) is 0 Å². The molecule has 0 unspecified atom stereocenters. The minimum absolute atomic E-state index is 0.285. The highest BCUT2D eigenvalue weighted by Gasteiger charge is 2.18. The molecule has 0 saturated heterocycles. The summed E-state index contributed by atoms with van der Waals surface area (Å²) in [7, 11) is 0. The molecule has 0 fully saturated rings. The molecule has 0 spiro atoms. The molecule has 1 aromatic rings. The highest BCUT2D eigenvalue weighted by atomic mass is 16.5. The van der Waals surface area contributed by atoms with E-state index >= 15 is 0 Å². The fourth-order valence-electron chi connectivity index (χ4n) is 2.68. The Kier molecular flexibility index (Phi) is 11.4. The average molecular weight is 363 g/mol. The highest BCUT2D eigenvalue weighted by molar-refractivity contribution is 6.03. The molecule has 0 aliphatic heterocycles. The van der Waals surface area contributed by atoms with Gasteiger partial charge in [-0.15, -0.1) is 0 Å². The van der Waals surface area contributed by atoms with Gasteiger partial charge in [0.2, 0.25) is 0 Å². The largest absolute Gasteiger partial charge is 0.462 e. The van der Waals surface area contributed by atoms with E-state index in [9.17, 15) is 9.59 Å². The summed E-state index contributed by atoms with van der Waals surface area (Å²) in [6.45, 7) is 7.33. The van der Waals surface area contributed by atoms with Crippen LogP contribution in [0.2, 0.25) is 0 Å². The van der Waals surface area contributed by atoms with Crippen molar-refractivity contribution in [2.24, 2.45) is 5.92 Å². The number of hydrogen-bond acceptors (Lipinski definition) is 4. The number of hydrogen-bond donors (Lipinski definition) is 0. The zero-order chi connectivity index (χ0) is 19.2. The second kappa shape index (κ2) is 13.4. The van der Waals surface area contributed by atoms with Crippen LogP contribution in [-0.4, -0.2) is 25.2 Å². The molecule has 0 aromatic heterocycles. The molecular formula is C22H34O4. The summed E-state index contributed by atoms with van der Waals surface area (Å²) in [6, 6.07) is 6.70. The van der Waals surface area contributed by atoms with Crippen LogP contribution in [0.15, 0.2) is 24.3 Å². The number of esters is 2. The Morgan fingerprint density at radius 3 is 1.77 bits per heavy atom. The molecular weight excluding hydrogens is 328 g/mol. The van der Waals surface area contributed by atoms with Gasteiger partial charge in [-0.25, -0.2) is 9.59 Å². The molecule has 4 nitrogen and oxygen atoms in total. The fraction of sp³-hybridized carbons (Fsp3) is 0.636. The van der Waals surface area contributed by atoms with Crippen molar-refractivity contribution in [1.82, 2.24) is 0 Å². The molecule has 0 radical (unpaired) electrons. The van der Waals surface area contributed by atoms with E-state index in [1.165, 1.54) is 6.42 Å². The topological polar surface area (TPSA) is 52.6 Å². The number of carbonyl (C=O) groups is 2. The third kappa shape index (κ3) is 9.02. The van der Waals surface area contributed by atoms with Crippen molar-refractivity contribution < 1.29 is 19.1 Å². The van der Waals surface area contributed by atoms with Crippen LogP contribution in [0, 0.1) is 5.92 Å². The van der Waals surface area contributed by atoms with Crippen molar-refractivity contribution in [3.05, 3.63) is 35.4 Å². The van der Waals surface area contributed by atoms with Gasteiger partial charge in [-0.1, -0.05) is 71.4 Å². The van der Waals surface area contributed by atoms with E-state index in [0.717, 1.165) is 44.9 Å². The lowest BCUT2D eigenvalue weighted by molar-refractivity contribution is 0.0450. The normalized spacial score (nSPS) is 10.8. The molecule has 0 aliphatic carbocycles. The molecule has 0 aliphatic rings. The summed E-state index contributed by atoms with van der Waals surface area (Å²) in [5.74, 6) is -0.198. The van der Waals surface area contributed by atoms with Gasteiger partial charge < -0.3 is 9.47 Å². The number of unbranched alkanes of at least 4 members (excludes halogenated alkanes) is 5. The summed E-state index contributed by atoms with van der Waals surface area (Å²) < 4.78 is 10.6. The molecule has 0 saturated carbocycles. The van der Waals surface area contributed by atoms with Gasteiger partial charge in [0.25, 0.3) is 0 Å². The highest BCUT2D eigenvalue weighted by Crippen LogP contribution is 2.14. The lowest BCUT2D eigenvalue weighted by Gasteiger charge is -2.10. The third-order valence-electron chi connectivity index (χ3n) is 4.26. The van der Waals surface area contributed by atoms with Gasteiger partial charge in [0.05, 0.1) is 24.3 Å². The fourth-order valence-corrected chi connectivity index (χ4v) is 2.68. The smallest absolute Gasteiger partial charge is 0.339 e. The third-order valence-corrected chi connectivity index (χ3v) is 4.26. The summed E-state index contributed by atoms with van der Waals surface area (Å²) in [5, 5.41) is 0. The van der Waals surface area contributed by atoms with Gasteiger partial charge in [0.1, 0.15) is 0 Å². The molecule has 4 heteroatoms. The quantitative estimate of drug-likeness (QED) is 0.329. The maximum absolute atomic E-state index is 12.3. The summed E-state index contributed by atoms with van der Waals surface area (Å²) in [5.41, 5.74) is 0.570. The molecule has 0 amide bonds. The zero-order valence-corrected chi connectivity index (χ0v) is 16.6. The standard InChI is InChI=1S/C22H34O4/c1-4-5-6-11-16-25-21(23)19-14-9-10-15-20(19)22(24)26-17-12-7-8-13-18(2)3/h9-10,14-15,18H,4-8,11-13,16-17H2,1-3H3. The van der Waals surface area contributed by atoms with Gasteiger partial charge in [-0.2, -0.15) is 0 Å². The molecule has 0 heterocycles. The Bertz CT molecular complexity index is 537. The van der Waals surface area contributed by atoms with Gasteiger partial charge in [-0.3, -0.25) is 0 Å². The van der Waals surface area contributed by atoms with Crippen LogP contribution in [0.1, 0.15) is 92.9 Å². The van der Waals surface area contributed by atoms with E-state index in [-0.39, 0.29) is 11.1 Å². The first-order valence-electron chi connectivity index (χ1n) is 9.99. The van der Waals surface area contributed by atoms with Crippen molar-refractivity contribution >= 4 is 11.9 Å². The lowest BCUT2D eigenvalue weighted by atomic mass is 10.1. The Labute approximate surface area is 158 Å². The SMILES string of the molecule is CCCCCCOC(=O)c1ccccc1C(=O)OCCCCCC(C)C. The Balaban J connectivity index is 2.43. The minimum Gasteiger partial charge on any atom is -0.462 e. The van der Waals surface area contributed by atoms with Crippen LogP contribution in [-0.2, 0) is 9.47 Å². The van der Waals surface area contributed by atoms with Crippen molar-refractivity contribution in [3.8, 4) is 0 Å². The van der Waals surface area contributed by atoms with Crippen molar-refractivity contribution in [2.45, 2.75) is 72.1 Å². The first kappa shape index (κ1) is 22.2. The maximum atomic E-state index is 12.3. The van der Waals surface area contributed by atoms with Gasteiger partial charge in [-0.05, 0) is 30.9 Å². The predicted octanol–water partition coefficient (Wildman–Crippen LogP) is 5.80. The van der Waals surface area contributed by atoms with E-state index in [1.54, 1.807) is 24.3 Å². The van der Waals surface area contributed by atoms with E-state index in [1.807, 2.05) is 0 Å². The van der Waals surface area contributed by atoms with E-state index in [0.29, 0.717) is 19.1 Å². The van der Waals surface area contributed by atoms with Gasteiger partial charge >= 0.3 is 11.9 Å². The molecule has 146 valence electrons. The average Bonchev–Trinajstić information content (AvgIpc) is 2.63.